The maximum atomic E-state index is 12.8. The Kier molecular flexibility index (Phi) is 6.37. The molecule has 4 rings (SSSR count). The fraction of sp³-hybridized carbons (Fsp3) is 0.520. The van der Waals surface area contributed by atoms with Gasteiger partial charge >= 0.3 is 5.97 Å². The summed E-state index contributed by atoms with van der Waals surface area (Å²) in [6.45, 7) is 7.59. The molecule has 1 aromatic carbocycles. The Morgan fingerprint density at radius 3 is 2.75 bits per heavy atom. The van der Waals surface area contributed by atoms with E-state index in [2.05, 4.69) is 18.4 Å². The molecule has 0 radical (unpaired) electrons. The van der Waals surface area contributed by atoms with Crippen LogP contribution in [0.4, 0.5) is 0 Å². The van der Waals surface area contributed by atoms with Gasteiger partial charge in [-0.2, -0.15) is 0 Å². The predicted octanol–water partition coefficient (Wildman–Crippen LogP) is 5.22. The van der Waals surface area contributed by atoms with Gasteiger partial charge in [0.15, 0.2) is 5.43 Å². The van der Waals surface area contributed by atoms with Crippen LogP contribution in [0.3, 0.4) is 0 Å². The van der Waals surface area contributed by atoms with Crippen molar-refractivity contribution in [3.8, 4) is 17.0 Å². The van der Waals surface area contributed by atoms with Crippen LogP contribution in [0.5, 0.6) is 5.75 Å². The quantitative estimate of drug-likeness (QED) is 0.419. The van der Waals surface area contributed by atoms with Gasteiger partial charge in [-0.15, -0.1) is 0 Å². The molecule has 0 unspecified atom stereocenters. The zero-order valence-corrected chi connectivity index (χ0v) is 19.8. The van der Waals surface area contributed by atoms with Crippen LogP contribution in [0.15, 0.2) is 29.2 Å². The predicted molar refractivity (Wildman–Crippen MR) is 124 cm³/mol. The maximum absolute atomic E-state index is 12.8. The van der Waals surface area contributed by atoms with Crippen molar-refractivity contribution in [3.63, 3.8) is 0 Å². The molecule has 1 aromatic heterocycles. The number of methoxy groups -OCH3 is 1. The van der Waals surface area contributed by atoms with Crippen LogP contribution >= 0.6 is 11.6 Å². The van der Waals surface area contributed by atoms with Crippen molar-refractivity contribution >= 4 is 17.6 Å². The van der Waals surface area contributed by atoms with E-state index in [4.69, 9.17) is 25.8 Å². The van der Waals surface area contributed by atoms with Crippen LogP contribution in [0, 0.1) is 5.41 Å². The lowest BCUT2D eigenvalue weighted by molar-refractivity contribution is 0.0523. The number of benzene rings is 1. The lowest BCUT2D eigenvalue weighted by Crippen LogP contribution is -2.32. The van der Waals surface area contributed by atoms with Crippen molar-refractivity contribution in [2.45, 2.75) is 52.0 Å². The van der Waals surface area contributed by atoms with E-state index in [0.29, 0.717) is 24.0 Å². The van der Waals surface area contributed by atoms with Crippen LogP contribution in [0.1, 0.15) is 67.9 Å². The average molecular weight is 460 g/mol. The first kappa shape index (κ1) is 22.9. The second-order valence-corrected chi connectivity index (χ2v) is 9.61. The standard InChI is InChI=1S/C25H30ClNO5/c1-5-31-24(29)18-14-27-20(13-21(18)28)17-11-19(26)22(32-10-6-9-30-4)12-16(17)15-7-8-25(2,3)23(15)27/h11-15,23H,5-10H2,1-4H3/t15-,23+/m0/s1. The summed E-state index contributed by atoms with van der Waals surface area (Å²) in [6, 6.07) is 5.59. The van der Waals surface area contributed by atoms with Gasteiger partial charge in [-0.1, -0.05) is 25.4 Å². The third-order valence-corrected chi connectivity index (χ3v) is 6.98. The van der Waals surface area contributed by atoms with E-state index < -0.39 is 5.97 Å². The summed E-state index contributed by atoms with van der Waals surface area (Å²) < 4.78 is 18.3. The molecule has 0 N–H and O–H groups in total. The van der Waals surface area contributed by atoms with Crippen LogP contribution in [0.2, 0.25) is 5.02 Å². The number of halogens is 1. The van der Waals surface area contributed by atoms with Crippen molar-refractivity contribution in [2.75, 3.05) is 26.9 Å². The molecular formula is C25H30ClNO5. The molecule has 0 saturated heterocycles. The van der Waals surface area contributed by atoms with Gasteiger partial charge in [-0.25, -0.2) is 4.79 Å². The fourth-order valence-electron chi connectivity index (χ4n) is 5.23. The Hall–Kier alpha value is -2.31. The molecule has 2 aliphatic rings. The molecule has 0 bridgehead atoms. The first-order chi connectivity index (χ1) is 15.3. The number of pyridine rings is 1. The molecule has 0 amide bonds. The topological polar surface area (TPSA) is 66.8 Å². The zero-order valence-electron chi connectivity index (χ0n) is 19.1. The molecule has 2 aromatic rings. The number of esters is 1. The van der Waals surface area contributed by atoms with Crippen LogP contribution in [-0.4, -0.2) is 37.5 Å². The van der Waals surface area contributed by atoms with E-state index in [1.165, 1.54) is 0 Å². The number of hydrogen-bond donors (Lipinski definition) is 0. The highest BCUT2D eigenvalue weighted by Crippen LogP contribution is 2.59. The molecule has 1 aliphatic heterocycles. The van der Waals surface area contributed by atoms with E-state index in [-0.39, 0.29) is 35.0 Å². The largest absolute Gasteiger partial charge is 0.492 e. The minimum absolute atomic E-state index is 0.00275. The van der Waals surface area contributed by atoms with Crippen LogP contribution in [-0.2, 0) is 9.47 Å². The first-order valence-electron chi connectivity index (χ1n) is 11.2. The number of rotatable bonds is 7. The van der Waals surface area contributed by atoms with Crippen molar-refractivity contribution in [2.24, 2.45) is 5.41 Å². The number of fused-ring (bicyclic) bond motifs is 6. The number of hydrogen-bond acceptors (Lipinski definition) is 5. The van der Waals surface area contributed by atoms with Crippen LogP contribution in [0.25, 0.3) is 11.3 Å². The fourth-order valence-corrected chi connectivity index (χ4v) is 5.44. The van der Waals surface area contributed by atoms with Crippen molar-refractivity contribution < 1.29 is 19.0 Å². The van der Waals surface area contributed by atoms with Crippen molar-refractivity contribution in [1.29, 1.82) is 0 Å². The lowest BCUT2D eigenvalue weighted by Gasteiger charge is -2.40. The molecule has 0 spiro atoms. The van der Waals surface area contributed by atoms with Gasteiger partial charge in [-0.05, 0) is 42.9 Å². The molecule has 1 aliphatic carbocycles. The molecular weight excluding hydrogens is 430 g/mol. The highest BCUT2D eigenvalue weighted by molar-refractivity contribution is 6.32. The van der Waals surface area contributed by atoms with Gasteiger partial charge in [0.05, 0.1) is 23.9 Å². The second-order valence-electron chi connectivity index (χ2n) is 9.21. The highest BCUT2D eigenvalue weighted by atomic mass is 35.5. The molecule has 1 fully saturated rings. The Morgan fingerprint density at radius 2 is 2.03 bits per heavy atom. The number of nitrogens with zero attached hydrogens (tertiary/aromatic N) is 1. The summed E-state index contributed by atoms with van der Waals surface area (Å²) >= 11 is 6.58. The zero-order chi connectivity index (χ0) is 23.0. The SMILES string of the molecule is CCOC(=O)c1cn2c(cc1=O)-c1cc(Cl)c(OCCCOC)cc1[C@@H]1CCC(C)(C)[C@@H]12. The third kappa shape index (κ3) is 3.95. The molecule has 32 heavy (non-hydrogen) atoms. The lowest BCUT2D eigenvalue weighted by atomic mass is 9.77. The Balaban J connectivity index is 1.84. The van der Waals surface area contributed by atoms with Gasteiger partial charge < -0.3 is 18.8 Å². The minimum atomic E-state index is -0.580. The Labute approximate surface area is 193 Å². The van der Waals surface area contributed by atoms with E-state index in [1.54, 1.807) is 26.3 Å². The summed E-state index contributed by atoms with van der Waals surface area (Å²) in [6.07, 6.45) is 4.51. The molecule has 2 atom stereocenters. The van der Waals surface area contributed by atoms with Crippen molar-refractivity contribution in [1.82, 2.24) is 4.57 Å². The number of aromatic nitrogens is 1. The molecule has 2 heterocycles. The summed E-state index contributed by atoms with van der Waals surface area (Å²) in [7, 11) is 1.67. The number of carbonyl (C=O) groups excluding carboxylic acids is 1. The van der Waals surface area contributed by atoms with Crippen molar-refractivity contribution in [3.05, 3.63) is 50.8 Å². The Morgan fingerprint density at radius 1 is 1.25 bits per heavy atom. The van der Waals surface area contributed by atoms with E-state index >= 15 is 0 Å². The Bertz CT molecular complexity index is 1090. The van der Waals surface area contributed by atoms with E-state index in [1.807, 2.05) is 12.1 Å². The monoisotopic (exact) mass is 459 g/mol. The number of ether oxygens (including phenoxy) is 3. The molecule has 6 nitrogen and oxygen atoms in total. The molecule has 1 saturated carbocycles. The van der Waals surface area contributed by atoms with Gasteiger partial charge in [0.1, 0.15) is 11.3 Å². The first-order valence-corrected chi connectivity index (χ1v) is 11.5. The van der Waals surface area contributed by atoms with E-state index in [9.17, 15) is 9.59 Å². The summed E-state index contributed by atoms with van der Waals surface area (Å²) in [5.74, 6) is 0.316. The van der Waals surface area contributed by atoms with Crippen LogP contribution < -0.4 is 10.2 Å². The summed E-state index contributed by atoms with van der Waals surface area (Å²) in [4.78, 5) is 25.3. The maximum Gasteiger partial charge on any atom is 0.343 e. The molecule has 172 valence electrons. The number of carbonyl (C=O) groups is 1. The summed E-state index contributed by atoms with van der Waals surface area (Å²) in [5, 5.41) is 0.505. The smallest absolute Gasteiger partial charge is 0.343 e. The van der Waals surface area contributed by atoms with Gasteiger partial charge in [-0.3, -0.25) is 4.79 Å². The summed E-state index contributed by atoms with van der Waals surface area (Å²) in [5.41, 5.74) is 2.58. The van der Waals surface area contributed by atoms with Gasteiger partial charge in [0.25, 0.3) is 0 Å². The highest BCUT2D eigenvalue weighted by Gasteiger charge is 2.47. The minimum Gasteiger partial charge on any atom is -0.492 e. The normalized spacial score (nSPS) is 20.3. The molecule has 7 heteroatoms. The van der Waals surface area contributed by atoms with Gasteiger partial charge in [0.2, 0.25) is 0 Å². The second kappa shape index (κ2) is 8.91. The van der Waals surface area contributed by atoms with Gasteiger partial charge in [0, 0.05) is 49.9 Å². The van der Waals surface area contributed by atoms with E-state index in [0.717, 1.165) is 36.1 Å². The average Bonchev–Trinajstić information content (AvgIpc) is 3.07. The third-order valence-electron chi connectivity index (χ3n) is 6.69.